The molecule has 0 bridgehead atoms. The Bertz CT molecular complexity index is 1080. The molecule has 1 aliphatic rings. The van der Waals surface area contributed by atoms with Gasteiger partial charge in [-0.25, -0.2) is 4.79 Å². The Morgan fingerprint density at radius 2 is 1.86 bits per heavy atom. The van der Waals surface area contributed by atoms with Gasteiger partial charge in [-0.2, -0.15) is 0 Å². The van der Waals surface area contributed by atoms with E-state index in [0.717, 1.165) is 6.42 Å². The molecule has 1 heterocycles. The van der Waals surface area contributed by atoms with Gasteiger partial charge in [-0.1, -0.05) is 32.0 Å². The molecule has 9 nitrogen and oxygen atoms in total. The predicted molar refractivity (Wildman–Crippen MR) is 131 cm³/mol. The first-order chi connectivity index (χ1) is 16.8. The molecule has 0 aliphatic carbocycles. The van der Waals surface area contributed by atoms with Crippen LogP contribution >= 0.6 is 0 Å². The smallest absolute Gasteiger partial charge is 0.329 e. The van der Waals surface area contributed by atoms with Crippen molar-refractivity contribution in [3.05, 3.63) is 54.1 Å². The SMILES string of the molecule is CCOc1ccccc1C(=O)N[C@H](C(=O)OCC(=O)Nc1cccc(N2CCCC2=O)c1)C(C)C. The molecule has 0 saturated carbocycles. The zero-order valence-electron chi connectivity index (χ0n) is 20.2. The van der Waals surface area contributed by atoms with Crippen LogP contribution < -0.4 is 20.3 Å². The summed E-state index contributed by atoms with van der Waals surface area (Å²) in [6.07, 6.45) is 1.31. The van der Waals surface area contributed by atoms with Crippen LogP contribution in [0.25, 0.3) is 0 Å². The summed E-state index contributed by atoms with van der Waals surface area (Å²) in [5.74, 6) is -1.52. The van der Waals surface area contributed by atoms with Crippen molar-refractivity contribution >= 4 is 35.1 Å². The summed E-state index contributed by atoms with van der Waals surface area (Å²) in [4.78, 5) is 51.5. The van der Waals surface area contributed by atoms with E-state index in [0.29, 0.717) is 42.3 Å². The van der Waals surface area contributed by atoms with Crippen molar-refractivity contribution in [1.82, 2.24) is 5.32 Å². The number of rotatable bonds is 10. The van der Waals surface area contributed by atoms with Gasteiger partial charge in [-0.05, 0) is 49.6 Å². The maximum Gasteiger partial charge on any atom is 0.329 e. The van der Waals surface area contributed by atoms with Crippen LogP contribution in [-0.2, 0) is 19.1 Å². The largest absolute Gasteiger partial charge is 0.493 e. The second-order valence-electron chi connectivity index (χ2n) is 8.48. The van der Waals surface area contributed by atoms with Crippen molar-refractivity contribution in [2.45, 2.75) is 39.7 Å². The van der Waals surface area contributed by atoms with Crippen molar-refractivity contribution in [2.24, 2.45) is 5.92 Å². The summed E-state index contributed by atoms with van der Waals surface area (Å²) in [6, 6.07) is 12.7. The highest BCUT2D eigenvalue weighted by Crippen LogP contribution is 2.24. The van der Waals surface area contributed by atoms with Gasteiger partial charge < -0.3 is 25.0 Å². The molecule has 0 unspecified atom stereocenters. The van der Waals surface area contributed by atoms with Crippen LogP contribution in [0.4, 0.5) is 11.4 Å². The average molecular weight is 482 g/mol. The number of nitrogens with one attached hydrogen (secondary N) is 2. The van der Waals surface area contributed by atoms with Crippen molar-refractivity contribution in [2.75, 3.05) is 30.0 Å². The van der Waals surface area contributed by atoms with Gasteiger partial charge in [0, 0.05) is 24.3 Å². The standard InChI is InChI=1S/C26H31N3O6/c1-4-34-21-12-6-5-11-20(21)25(32)28-24(17(2)3)26(33)35-16-22(30)27-18-9-7-10-19(15-18)29-14-8-13-23(29)31/h5-7,9-12,15,17,24H,4,8,13-14,16H2,1-3H3,(H,27,30)(H,28,32)/t24-/m0/s1. The first-order valence-electron chi connectivity index (χ1n) is 11.7. The van der Waals surface area contributed by atoms with E-state index in [-0.39, 0.29) is 11.8 Å². The molecule has 1 aliphatic heterocycles. The second-order valence-corrected chi connectivity index (χ2v) is 8.48. The fraction of sp³-hybridized carbons (Fsp3) is 0.385. The van der Waals surface area contributed by atoms with E-state index in [2.05, 4.69) is 10.6 Å². The number of carbonyl (C=O) groups excluding carboxylic acids is 4. The van der Waals surface area contributed by atoms with Gasteiger partial charge in [0.2, 0.25) is 5.91 Å². The Hall–Kier alpha value is -3.88. The fourth-order valence-electron chi connectivity index (χ4n) is 3.75. The zero-order chi connectivity index (χ0) is 25.4. The number of amides is 3. The van der Waals surface area contributed by atoms with Gasteiger partial charge in [0.05, 0.1) is 12.2 Å². The Labute approximate surface area is 204 Å². The molecule has 3 amide bonds. The maximum atomic E-state index is 12.8. The third-order valence-electron chi connectivity index (χ3n) is 5.50. The number of carbonyl (C=O) groups is 4. The first-order valence-corrected chi connectivity index (χ1v) is 11.7. The lowest BCUT2D eigenvalue weighted by Crippen LogP contribution is -2.46. The summed E-state index contributed by atoms with van der Waals surface area (Å²) in [6.45, 7) is 5.88. The zero-order valence-corrected chi connectivity index (χ0v) is 20.2. The number of nitrogens with zero attached hydrogens (tertiary/aromatic N) is 1. The summed E-state index contributed by atoms with van der Waals surface area (Å²) in [5.41, 5.74) is 1.50. The van der Waals surface area contributed by atoms with Gasteiger partial charge in [0.15, 0.2) is 6.61 Å². The van der Waals surface area contributed by atoms with Crippen LogP contribution in [0.15, 0.2) is 48.5 Å². The molecule has 1 saturated heterocycles. The topological polar surface area (TPSA) is 114 Å². The Morgan fingerprint density at radius 3 is 2.54 bits per heavy atom. The summed E-state index contributed by atoms with van der Waals surface area (Å²) < 4.78 is 10.7. The van der Waals surface area contributed by atoms with Gasteiger partial charge in [0.1, 0.15) is 11.8 Å². The van der Waals surface area contributed by atoms with Crippen LogP contribution in [0.1, 0.15) is 44.0 Å². The number of hydrogen-bond acceptors (Lipinski definition) is 6. The molecule has 2 aromatic carbocycles. The molecule has 186 valence electrons. The minimum Gasteiger partial charge on any atom is -0.493 e. The lowest BCUT2D eigenvalue weighted by Gasteiger charge is -2.21. The number of esters is 1. The molecule has 2 aromatic rings. The first kappa shape index (κ1) is 25.7. The second kappa shape index (κ2) is 12.0. The monoisotopic (exact) mass is 481 g/mol. The fourth-order valence-corrected chi connectivity index (χ4v) is 3.75. The van der Waals surface area contributed by atoms with Gasteiger partial charge in [0.25, 0.3) is 11.8 Å². The minimum atomic E-state index is -0.950. The summed E-state index contributed by atoms with van der Waals surface area (Å²) in [5, 5.41) is 5.36. The molecule has 2 N–H and O–H groups in total. The third-order valence-corrected chi connectivity index (χ3v) is 5.50. The van der Waals surface area contributed by atoms with E-state index in [1.807, 2.05) is 6.92 Å². The number of ether oxygens (including phenoxy) is 2. The lowest BCUT2D eigenvalue weighted by atomic mass is 10.0. The Morgan fingerprint density at radius 1 is 1.09 bits per heavy atom. The van der Waals surface area contributed by atoms with Crippen molar-refractivity contribution in [3.63, 3.8) is 0 Å². The summed E-state index contributed by atoms with van der Waals surface area (Å²) >= 11 is 0. The van der Waals surface area contributed by atoms with Gasteiger partial charge in [-0.15, -0.1) is 0 Å². The van der Waals surface area contributed by atoms with Crippen LogP contribution in [-0.4, -0.2) is 49.5 Å². The van der Waals surface area contributed by atoms with Crippen molar-refractivity contribution < 1.29 is 28.7 Å². The minimum absolute atomic E-state index is 0.0491. The van der Waals surface area contributed by atoms with E-state index in [1.54, 1.807) is 67.3 Å². The third kappa shape index (κ3) is 6.81. The predicted octanol–water partition coefficient (Wildman–Crippen LogP) is 3.15. The van der Waals surface area contributed by atoms with Gasteiger partial charge in [-0.3, -0.25) is 14.4 Å². The van der Waals surface area contributed by atoms with E-state index >= 15 is 0 Å². The highest BCUT2D eigenvalue weighted by Gasteiger charge is 2.28. The molecular formula is C26H31N3O6. The molecule has 0 radical (unpaired) electrons. The molecule has 1 atom stereocenters. The Kier molecular flexibility index (Phi) is 8.83. The van der Waals surface area contributed by atoms with Crippen molar-refractivity contribution in [3.8, 4) is 5.75 Å². The van der Waals surface area contributed by atoms with E-state index in [4.69, 9.17) is 9.47 Å². The van der Waals surface area contributed by atoms with E-state index in [1.165, 1.54) is 0 Å². The Balaban J connectivity index is 1.57. The molecule has 9 heteroatoms. The highest BCUT2D eigenvalue weighted by atomic mass is 16.5. The van der Waals surface area contributed by atoms with E-state index < -0.39 is 30.4 Å². The number of anilines is 2. The van der Waals surface area contributed by atoms with Crippen LogP contribution in [0.5, 0.6) is 5.75 Å². The molecule has 1 fully saturated rings. The van der Waals surface area contributed by atoms with Crippen molar-refractivity contribution in [1.29, 1.82) is 0 Å². The molecule has 0 spiro atoms. The average Bonchev–Trinajstić information content (AvgIpc) is 3.27. The highest BCUT2D eigenvalue weighted by molar-refractivity contribution is 6.00. The number of para-hydroxylation sites is 1. The van der Waals surface area contributed by atoms with Gasteiger partial charge >= 0.3 is 5.97 Å². The maximum absolute atomic E-state index is 12.8. The lowest BCUT2D eigenvalue weighted by molar-refractivity contribution is -0.150. The van der Waals surface area contributed by atoms with Crippen LogP contribution in [0, 0.1) is 5.92 Å². The number of benzene rings is 2. The molecule has 35 heavy (non-hydrogen) atoms. The summed E-state index contributed by atoms with van der Waals surface area (Å²) in [7, 11) is 0. The molecule has 0 aromatic heterocycles. The quantitative estimate of drug-likeness (QED) is 0.504. The van der Waals surface area contributed by atoms with E-state index in [9.17, 15) is 19.2 Å². The van der Waals surface area contributed by atoms with Crippen LogP contribution in [0.2, 0.25) is 0 Å². The number of hydrogen-bond donors (Lipinski definition) is 2. The van der Waals surface area contributed by atoms with Crippen LogP contribution in [0.3, 0.4) is 0 Å². The normalized spacial score (nSPS) is 13.9. The molecular weight excluding hydrogens is 450 g/mol. The molecule has 3 rings (SSSR count).